The van der Waals surface area contributed by atoms with Gasteiger partial charge in [-0.3, -0.25) is 24.0 Å². The number of imidazole rings is 2. The number of hydrogen-bond acceptors (Lipinski definition) is 22. The topological polar surface area (TPSA) is 372 Å². The van der Waals surface area contributed by atoms with E-state index >= 15 is 0 Å². The number of aromatic nitrogens is 8. The number of anilines is 3. The molecule has 4 aromatic heterocycles. The Morgan fingerprint density at radius 2 is 1.06 bits per heavy atom. The standard InChI is InChI=1S/C26H32N8O7S.C15H20N6O4.C11H12N2O3S.CH4/c1-4-27-23(35)19-18-20(41-26(2,3)40-18)24(39-19)34-14-30-17-21(28-13-29-22(17)34)32-25(36)31-15-7-9-16(10-8-15)42(37,38)33-11-5-6-12-33;1-4-17-13(22)9-8-10(25-15(2,3)24-8)14(23-9)21-6-20-7-11(16)18-5-19-12(7)21;14-9-12-10-3-5-11(6-4-10)17(15,16)13-7-1-2-8-13;/h7-10,13-14,18-20,24H,4-6,11-12H2,1-3H3,(H,27,35)(H2,28,29,31,32,36);5-6,8-10,14H,4H2,1-3H3,(H,17,22)(H2,16,18,19);3-6H,1-2,7-8H2;1H4/t18-,19+,20-,24-;8-,9+,10-,14-;;/m11../s1. The first-order valence-corrected chi connectivity index (χ1v) is 30.1. The van der Waals surface area contributed by atoms with Crippen LogP contribution >= 0.6 is 0 Å². The second-order valence-electron chi connectivity index (χ2n) is 21.0. The molecule has 4 amide bonds. The number of carbonyl (C=O) groups is 3. The molecule has 12 rings (SSSR count). The SMILES string of the molecule is C.CCNC(=O)[C@H]1O[C@@H](n2cnc3c(N)ncnc32)[C@@H]2OC(C)(C)O[C@@H]21.CCNC(=O)[C@H]1O[C@@H](n2cnc3c(NC(=O)Nc4ccc(S(=O)(=O)N5CCCC5)cc4)ncnc32)[C@@H]2OC(C)(C)O[C@@H]21.O=C=Nc1ccc(S(=O)(=O)N2CCCC2)cc1. The molecule has 0 saturated carbocycles. The van der Waals surface area contributed by atoms with E-state index < -0.39 is 86.7 Å². The average molecular weight is 1220 g/mol. The number of fused-ring (bicyclic) bond motifs is 4. The Labute approximate surface area is 489 Å². The van der Waals surface area contributed by atoms with Crippen LogP contribution in [0.4, 0.5) is 27.8 Å². The lowest BCUT2D eigenvalue weighted by molar-refractivity contribution is -0.198. The van der Waals surface area contributed by atoms with Gasteiger partial charge in [0.25, 0.3) is 11.8 Å². The van der Waals surface area contributed by atoms with Crippen molar-refractivity contribution >= 4 is 89.3 Å². The lowest BCUT2D eigenvalue weighted by Gasteiger charge is -2.24. The summed E-state index contributed by atoms with van der Waals surface area (Å²) in [6.07, 6.45) is 5.28. The summed E-state index contributed by atoms with van der Waals surface area (Å²) in [5.74, 6) is -1.86. The van der Waals surface area contributed by atoms with Crippen LogP contribution in [0, 0.1) is 0 Å². The van der Waals surface area contributed by atoms with Gasteiger partial charge in [0.2, 0.25) is 26.1 Å². The summed E-state index contributed by atoms with van der Waals surface area (Å²) in [5.41, 5.74) is 8.28. The molecule has 10 heterocycles. The number of sulfonamides is 2. The quantitative estimate of drug-likeness (QED) is 0.0810. The molecule has 2 aromatic carbocycles. The van der Waals surface area contributed by atoms with Crippen LogP contribution in [0.25, 0.3) is 22.3 Å². The molecular formula is C53H68N16O14S2. The van der Waals surface area contributed by atoms with E-state index in [1.54, 1.807) is 29.3 Å². The summed E-state index contributed by atoms with van der Waals surface area (Å²) in [4.78, 5) is 77.2. The molecule has 6 aromatic rings. The number of amides is 4. The van der Waals surface area contributed by atoms with Crippen molar-refractivity contribution in [2.24, 2.45) is 4.99 Å². The summed E-state index contributed by atoms with van der Waals surface area (Å²) in [6.45, 7) is 13.9. The zero-order valence-electron chi connectivity index (χ0n) is 46.6. The molecule has 85 heavy (non-hydrogen) atoms. The Hall–Kier alpha value is -7.49. The first-order valence-electron chi connectivity index (χ1n) is 27.2. The Balaban J connectivity index is 0.000000170. The molecule has 0 spiro atoms. The van der Waals surface area contributed by atoms with Crippen molar-refractivity contribution < 1.29 is 64.4 Å². The second-order valence-corrected chi connectivity index (χ2v) is 24.8. The van der Waals surface area contributed by atoms with Crippen molar-refractivity contribution in [1.29, 1.82) is 0 Å². The van der Waals surface area contributed by atoms with E-state index in [1.165, 1.54) is 82.2 Å². The number of carbonyl (C=O) groups excluding carboxylic acids is 4. The highest BCUT2D eigenvalue weighted by molar-refractivity contribution is 7.89. The highest BCUT2D eigenvalue weighted by atomic mass is 32.2. The van der Waals surface area contributed by atoms with E-state index in [4.69, 9.17) is 34.2 Å². The van der Waals surface area contributed by atoms with Crippen LogP contribution < -0.4 is 27.0 Å². The van der Waals surface area contributed by atoms with E-state index in [9.17, 15) is 36.0 Å². The monoisotopic (exact) mass is 1220 g/mol. The third-order valence-electron chi connectivity index (χ3n) is 14.3. The van der Waals surface area contributed by atoms with Crippen molar-refractivity contribution in [3.8, 4) is 0 Å². The van der Waals surface area contributed by atoms with E-state index in [0.29, 0.717) is 73.0 Å². The van der Waals surface area contributed by atoms with Gasteiger partial charge in [0.1, 0.15) is 42.6 Å². The Bertz CT molecular complexity index is 3680. The molecular weight excluding hydrogens is 1150 g/mol. The molecule has 30 nitrogen and oxygen atoms in total. The number of ether oxygens (including phenoxy) is 6. The maximum Gasteiger partial charge on any atom is 0.324 e. The highest BCUT2D eigenvalue weighted by Gasteiger charge is 2.59. The van der Waals surface area contributed by atoms with Gasteiger partial charge >= 0.3 is 6.03 Å². The first kappa shape index (κ1) is 62.1. The van der Waals surface area contributed by atoms with Crippen molar-refractivity contribution in [3.05, 3.63) is 73.8 Å². The number of likely N-dealkylation sites (N-methyl/N-ethyl adjacent to an activating group) is 2. The Kier molecular flexibility index (Phi) is 18.4. The summed E-state index contributed by atoms with van der Waals surface area (Å²) >= 11 is 0. The van der Waals surface area contributed by atoms with Gasteiger partial charge in [-0.05, 0) is 116 Å². The number of nitrogen functional groups attached to an aromatic ring is 1. The smallest absolute Gasteiger partial charge is 0.324 e. The number of urea groups is 1. The molecule has 0 aliphatic carbocycles. The van der Waals surface area contributed by atoms with Gasteiger partial charge in [0.15, 0.2) is 64.7 Å². The third-order valence-corrected chi connectivity index (χ3v) is 18.2. The Morgan fingerprint density at radius 3 is 1.53 bits per heavy atom. The summed E-state index contributed by atoms with van der Waals surface area (Å²) in [7, 11) is -6.93. The third kappa shape index (κ3) is 12.9. The number of isocyanates is 1. The zero-order chi connectivity index (χ0) is 59.7. The van der Waals surface area contributed by atoms with Gasteiger partial charge < -0.3 is 50.1 Å². The molecule has 456 valence electrons. The second kappa shape index (κ2) is 25.2. The van der Waals surface area contributed by atoms with E-state index in [2.05, 4.69) is 56.2 Å². The van der Waals surface area contributed by atoms with Gasteiger partial charge in [-0.25, -0.2) is 56.3 Å². The fourth-order valence-corrected chi connectivity index (χ4v) is 13.7. The van der Waals surface area contributed by atoms with Gasteiger partial charge in [-0.2, -0.15) is 13.6 Å². The maximum atomic E-state index is 12.8. The summed E-state index contributed by atoms with van der Waals surface area (Å²) in [6, 6.07) is 11.3. The molecule has 32 heteroatoms. The van der Waals surface area contributed by atoms with Crippen molar-refractivity contribution in [2.75, 3.05) is 55.6 Å². The van der Waals surface area contributed by atoms with Crippen LogP contribution in [0.2, 0.25) is 0 Å². The predicted molar refractivity (Wildman–Crippen MR) is 304 cm³/mol. The summed E-state index contributed by atoms with van der Waals surface area (Å²) < 4.78 is 92.2. The number of hydrogen-bond donors (Lipinski definition) is 5. The lowest BCUT2D eigenvalue weighted by Crippen LogP contribution is -2.42. The highest BCUT2D eigenvalue weighted by Crippen LogP contribution is 2.45. The largest absolute Gasteiger partial charge is 0.382 e. The molecule has 6 fully saturated rings. The van der Waals surface area contributed by atoms with E-state index in [-0.39, 0.29) is 40.7 Å². The number of benzene rings is 2. The zero-order valence-corrected chi connectivity index (χ0v) is 48.3. The minimum absolute atomic E-state index is 0. The lowest BCUT2D eigenvalue weighted by atomic mass is 10.1. The molecule has 0 unspecified atom stereocenters. The van der Waals surface area contributed by atoms with Gasteiger partial charge in [0.05, 0.1) is 28.1 Å². The van der Waals surface area contributed by atoms with Crippen molar-refractivity contribution in [2.45, 2.75) is 145 Å². The van der Waals surface area contributed by atoms with Crippen LogP contribution in [0.1, 0.15) is 87.1 Å². The molecule has 6 N–H and O–H groups in total. The fourth-order valence-electron chi connectivity index (χ4n) is 10.6. The number of nitrogens with one attached hydrogen (secondary N) is 4. The van der Waals surface area contributed by atoms with Crippen LogP contribution in [0.15, 0.2) is 88.6 Å². The average Bonchev–Trinajstić information content (AvgIpc) is 2.56. The molecule has 0 bridgehead atoms. The number of nitrogens with two attached hydrogens (primary N) is 1. The summed E-state index contributed by atoms with van der Waals surface area (Å²) in [5, 5.41) is 10.9. The molecule has 6 saturated heterocycles. The molecule has 6 aliphatic rings. The molecule has 0 radical (unpaired) electrons. The minimum Gasteiger partial charge on any atom is -0.382 e. The maximum absolute atomic E-state index is 12.8. The van der Waals surface area contributed by atoms with E-state index in [1.807, 2.05) is 27.7 Å². The van der Waals surface area contributed by atoms with E-state index in [0.717, 1.165) is 25.7 Å². The van der Waals surface area contributed by atoms with Crippen molar-refractivity contribution in [3.63, 3.8) is 0 Å². The van der Waals surface area contributed by atoms with Gasteiger partial charge in [0, 0.05) is 45.0 Å². The number of aliphatic imine (C=N–C) groups is 1. The predicted octanol–water partition coefficient (Wildman–Crippen LogP) is 3.85. The van der Waals surface area contributed by atoms with Crippen LogP contribution in [-0.4, -0.2) is 176 Å². The Morgan fingerprint density at radius 1 is 0.624 bits per heavy atom. The molecule has 6 aliphatic heterocycles. The number of nitrogens with zero attached hydrogens (tertiary/aromatic N) is 11. The first-order chi connectivity index (χ1) is 40.1. The van der Waals surface area contributed by atoms with Crippen LogP contribution in [0.5, 0.6) is 0 Å². The number of rotatable bonds is 13. The molecule has 8 atom stereocenters. The van der Waals surface area contributed by atoms with Crippen LogP contribution in [0.3, 0.4) is 0 Å². The van der Waals surface area contributed by atoms with Gasteiger partial charge in [-0.15, -0.1) is 0 Å². The van der Waals surface area contributed by atoms with Crippen molar-refractivity contribution in [1.82, 2.24) is 58.3 Å². The minimum atomic E-state index is -3.56. The normalized spacial score (nSPS) is 24.9. The van der Waals surface area contributed by atoms with Crippen LogP contribution in [-0.2, 0) is 62.9 Å². The van der Waals surface area contributed by atoms with Gasteiger partial charge in [-0.1, -0.05) is 7.43 Å². The fraction of sp³-hybridized carbons (Fsp3) is 0.509.